The van der Waals surface area contributed by atoms with E-state index in [1.54, 1.807) is 21.6 Å². The predicted molar refractivity (Wildman–Crippen MR) is 104 cm³/mol. The highest BCUT2D eigenvalue weighted by Gasteiger charge is 2.15. The number of piperazine rings is 1. The van der Waals surface area contributed by atoms with Crippen molar-refractivity contribution in [3.63, 3.8) is 0 Å². The zero-order chi connectivity index (χ0) is 17.6. The molecule has 1 heterocycles. The molecule has 1 aliphatic heterocycles. The zero-order valence-electron chi connectivity index (χ0n) is 14.6. The van der Waals surface area contributed by atoms with Crippen molar-refractivity contribution < 1.29 is 9.59 Å². The van der Waals surface area contributed by atoms with Crippen LogP contribution in [0.4, 0.5) is 0 Å². The molecule has 24 heavy (non-hydrogen) atoms. The maximum absolute atomic E-state index is 11.8. The van der Waals surface area contributed by atoms with Crippen molar-refractivity contribution in [1.82, 2.24) is 20.4 Å². The van der Waals surface area contributed by atoms with Gasteiger partial charge in [-0.25, -0.2) is 0 Å². The van der Waals surface area contributed by atoms with Gasteiger partial charge in [0.2, 0.25) is 11.8 Å². The minimum absolute atomic E-state index is 0.135. The van der Waals surface area contributed by atoms with Crippen molar-refractivity contribution in [2.24, 2.45) is 0 Å². The second kappa shape index (κ2) is 13.6. The standard InChI is InChI=1S/C16H30N4O2S2/c1-3-15(21)17-6-13-23-24-14-7-18-16(22)5-8-20-11-9-19(4-2)10-12-20/h3H,1,4-14H2,2H3,(H,17,21)(H,18,22). The fraction of sp³-hybridized carbons (Fsp3) is 0.750. The molecule has 0 spiro atoms. The number of nitrogens with zero attached hydrogens (tertiary/aromatic N) is 2. The fourth-order valence-electron chi connectivity index (χ4n) is 2.32. The summed E-state index contributed by atoms with van der Waals surface area (Å²) in [5.41, 5.74) is 0. The zero-order valence-corrected chi connectivity index (χ0v) is 16.2. The summed E-state index contributed by atoms with van der Waals surface area (Å²) in [6.07, 6.45) is 1.86. The smallest absolute Gasteiger partial charge is 0.243 e. The molecule has 0 aromatic heterocycles. The summed E-state index contributed by atoms with van der Waals surface area (Å²) in [5.74, 6) is 1.73. The quantitative estimate of drug-likeness (QED) is 0.299. The van der Waals surface area contributed by atoms with Crippen LogP contribution < -0.4 is 10.6 Å². The maximum Gasteiger partial charge on any atom is 0.243 e. The maximum atomic E-state index is 11.8. The fourth-order valence-corrected chi connectivity index (χ4v) is 4.13. The molecule has 6 nitrogen and oxygen atoms in total. The van der Waals surface area contributed by atoms with Crippen molar-refractivity contribution in [2.45, 2.75) is 13.3 Å². The molecule has 0 saturated carbocycles. The number of carbonyl (C=O) groups is 2. The summed E-state index contributed by atoms with van der Waals surface area (Å²) in [4.78, 5) is 27.6. The third-order valence-corrected chi connectivity index (χ3v) is 6.24. The molecule has 0 atom stereocenters. The summed E-state index contributed by atoms with van der Waals surface area (Å²) in [6, 6.07) is 0. The normalized spacial score (nSPS) is 15.9. The Morgan fingerprint density at radius 2 is 1.62 bits per heavy atom. The van der Waals surface area contributed by atoms with E-state index >= 15 is 0 Å². The Bertz CT molecular complexity index is 388. The third-order valence-electron chi connectivity index (χ3n) is 3.83. The van der Waals surface area contributed by atoms with Gasteiger partial charge in [0.1, 0.15) is 0 Å². The number of likely N-dealkylation sites (N-methyl/N-ethyl adjacent to an activating group) is 1. The minimum atomic E-state index is -0.135. The summed E-state index contributed by atoms with van der Waals surface area (Å²) in [5, 5.41) is 5.69. The van der Waals surface area contributed by atoms with E-state index in [4.69, 9.17) is 0 Å². The highest BCUT2D eigenvalue weighted by molar-refractivity contribution is 8.76. The lowest BCUT2D eigenvalue weighted by molar-refractivity contribution is -0.121. The van der Waals surface area contributed by atoms with E-state index in [-0.39, 0.29) is 11.8 Å². The van der Waals surface area contributed by atoms with Gasteiger partial charge < -0.3 is 20.4 Å². The Balaban J connectivity index is 1.90. The molecular formula is C16H30N4O2S2. The van der Waals surface area contributed by atoms with Gasteiger partial charge in [-0.15, -0.1) is 0 Å². The van der Waals surface area contributed by atoms with Crippen molar-refractivity contribution in [3.8, 4) is 0 Å². The lowest BCUT2D eigenvalue weighted by Crippen LogP contribution is -2.47. The lowest BCUT2D eigenvalue weighted by Gasteiger charge is -2.33. The van der Waals surface area contributed by atoms with E-state index in [1.807, 2.05) is 0 Å². The number of hydrogen-bond acceptors (Lipinski definition) is 6. The van der Waals surface area contributed by atoms with Crippen LogP contribution in [0.1, 0.15) is 13.3 Å². The van der Waals surface area contributed by atoms with Gasteiger partial charge >= 0.3 is 0 Å². The van der Waals surface area contributed by atoms with Gasteiger partial charge in [-0.05, 0) is 12.6 Å². The molecule has 138 valence electrons. The van der Waals surface area contributed by atoms with Gasteiger partial charge in [0.05, 0.1) is 0 Å². The van der Waals surface area contributed by atoms with E-state index in [0.29, 0.717) is 19.5 Å². The van der Waals surface area contributed by atoms with Crippen LogP contribution in [0.3, 0.4) is 0 Å². The molecule has 0 radical (unpaired) electrons. The second-order valence-electron chi connectivity index (χ2n) is 5.51. The summed E-state index contributed by atoms with van der Waals surface area (Å²) in [6.45, 7) is 13.2. The molecule has 0 unspecified atom stereocenters. The van der Waals surface area contributed by atoms with Crippen LogP contribution in [0.25, 0.3) is 0 Å². The molecule has 0 aromatic carbocycles. The van der Waals surface area contributed by atoms with Gasteiger partial charge in [0.15, 0.2) is 0 Å². The van der Waals surface area contributed by atoms with Gasteiger partial charge in [-0.3, -0.25) is 9.59 Å². The molecule has 0 aromatic rings. The Kier molecular flexibility index (Phi) is 12.1. The van der Waals surface area contributed by atoms with Gasteiger partial charge in [0, 0.05) is 63.7 Å². The Labute approximate surface area is 153 Å². The minimum Gasteiger partial charge on any atom is -0.355 e. The molecule has 8 heteroatoms. The molecule has 1 saturated heterocycles. The third kappa shape index (κ3) is 10.2. The summed E-state index contributed by atoms with van der Waals surface area (Å²) >= 11 is 0. The van der Waals surface area contributed by atoms with Gasteiger partial charge in [0.25, 0.3) is 0 Å². The van der Waals surface area contributed by atoms with Crippen LogP contribution in [-0.2, 0) is 9.59 Å². The highest BCUT2D eigenvalue weighted by Crippen LogP contribution is 2.19. The van der Waals surface area contributed by atoms with E-state index in [1.165, 1.54) is 6.08 Å². The number of carbonyl (C=O) groups excluding carboxylic acids is 2. The number of nitrogens with one attached hydrogen (secondary N) is 2. The lowest BCUT2D eigenvalue weighted by atomic mass is 10.3. The molecule has 2 N–H and O–H groups in total. The molecule has 0 aliphatic carbocycles. The molecule has 1 fully saturated rings. The largest absolute Gasteiger partial charge is 0.355 e. The molecule has 0 bridgehead atoms. The highest BCUT2D eigenvalue weighted by atomic mass is 33.1. The van der Waals surface area contributed by atoms with E-state index in [2.05, 4.69) is 33.9 Å². The Hall–Kier alpha value is -0.700. The first kappa shape index (κ1) is 21.3. The van der Waals surface area contributed by atoms with E-state index in [9.17, 15) is 9.59 Å². The number of amides is 2. The van der Waals surface area contributed by atoms with E-state index in [0.717, 1.165) is 50.8 Å². The van der Waals surface area contributed by atoms with Crippen LogP contribution in [0.5, 0.6) is 0 Å². The summed E-state index contributed by atoms with van der Waals surface area (Å²) in [7, 11) is 3.41. The van der Waals surface area contributed by atoms with Crippen LogP contribution in [-0.4, -0.2) is 85.5 Å². The van der Waals surface area contributed by atoms with Crippen LogP contribution in [0, 0.1) is 0 Å². The monoisotopic (exact) mass is 374 g/mol. The first-order valence-corrected chi connectivity index (χ1v) is 11.0. The van der Waals surface area contributed by atoms with Crippen molar-refractivity contribution in [1.29, 1.82) is 0 Å². The van der Waals surface area contributed by atoms with Crippen molar-refractivity contribution in [2.75, 3.05) is 63.9 Å². The average Bonchev–Trinajstić information content (AvgIpc) is 2.62. The molecule has 2 amide bonds. The predicted octanol–water partition coefficient (Wildman–Crippen LogP) is 0.814. The molecule has 1 aliphatic rings. The van der Waals surface area contributed by atoms with Gasteiger partial charge in [-0.1, -0.05) is 35.1 Å². The van der Waals surface area contributed by atoms with Gasteiger partial charge in [-0.2, -0.15) is 0 Å². The number of rotatable bonds is 12. The first-order valence-electron chi connectivity index (χ1n) is 8.51. The molecular weight excluding hydrogens is 344 g/mol. The Morgan fingerprint density at radius 3 is 2.21 bits per heavy atom. The second-order valence-corrected chi connectivity index (χ2v) is 8.22. The van der Waals surface area contributed by atoms with E-state index < -0.39 is 0 Å². The topological polar surface area (TPSA) is 64.7 Å². The average molecular weight is 375 g/mol. The van der Waals surface area contributed by atoms with Crippen molar-refractivity contribution in [3.05, 3.63) is 12.7 Å². The first-order chi connectivity index (χ1) is 11.7. The van der Waals surface area contributed by atoms with Crippen LogP contribution >= 0.6 is 21.6 Å². The van der Waals surface area contributed by atoms with Crippen LogP contribution in [0.2, 0.25) is 0 Å². The van der Waals surface area contributed by atoms with Crippen LogP contribution in [0.15, 0.2) is 12.7 Å². The number of hydrogen-bond donors (Lipinski definition) is 2. The van der Waals surface area contributed by atoms with Crippen molar-refractivity contribution >= 4 is 33.4 Å². The SMILES string of the molecule is C=CC(=O)NCCSSCCNC(=O)CCN1CCN(CC)CC1. The molecule has 1 rings (SSSR count). The summed E-state index contributed by atoms with van der Waals surface area (Å²) < 4.78 is 0. The Morgan fingerprint density at radius 1 is 1.04 bits per heavy atom.